The van der Waals surface area contributed by atoms with Crippen molar-refractivity contribution in [2.75, 3.05) is 19.0 Å². The molecule has 2 amide bonds. The van der Waals surface area contributed by atoms with Crippen LogP contribution in [-0.2, 0) is 9.59 Å². The lowest BCUT2D eigenvalue weighted by molar-refractivity contribution is -0.123. The molecule has 0 saturated carbocycles. The average molecular weight is 298 g/mol. The van der Waals surface area contributed by atoms with E-state index in [2.05, 4.69) is 5.32 Å². The highest BCUT2D eigenvalue weighted by atomic mass is 16.4. The molecule has 0 saturated heterocycles. The maximum Gasteiger partial charge on any atom is 0.344 e. The summed E-state index contributed by atoms with van der Waals surface area (Å²) in [5, 5.41) is 2.89. The van der Waals surface area contributed by atoms with Gasteiger partial charge in [-0.25, -0.2) is 4.79 Å². The first-order chi connectivity index (χ1) is 10.4. The summed E-state index contributed by atoms with van der Waals surface area (Å²) in [5.74, 6) is -1.11. The zero-order valence-electron chi connectivity index (χ0n) is 12.4. The maximum atomic E-state index is 12.3. The molecule has 2 aromatic rings. The lowest BCUT2D eigenvalue weighted by Crippen LogP contribution is -2.23. The number of anilines is 1. The predicted octanol–water partition coefficient (Wildman–Crippen LogP) is 1.21. The van der Waals surface area contributed by atoms with E-state index >= 15 is 0 Å². The van der Waals surface area contributed by atoms with Crippen molar-refractivity contribution in [3.8, 4) is 0 Å². The van der Waals surface area contributed by atoms with Crippen LogP contribution in [0.4, 0.5) is 5.69 Å². The van der Waals surface area contributed by atoms with Crippen LogP contribution in [0.5, 0.6) is 0 Å². The standard InChI is InChI=1S/C16H14N2O4/c1-8-13(9-7-12(19)17-15(9)20)16(21)22-11-6-4-5-10(14(8)11)18(2)3/h4-7H,1-3H3,(H,17,19,20). The van der Waals surface area contributed by atoms with Crippen LogP contribution in [0.15, 0.2) is 33.5 Å². The van der Waals surface area contributed by atoms with Gasteiger partial charge in [-0.15, -0.1) is 0 Å². The highest BCUT2D eigenvalue weighted by Crippen LogP contribution is 2.31. The number of nitrogens with one attached hydrogen (secondary N) is 1. The molecule has 0 radical (unpaired) electrons. The van der Waals surface area contributed by atoms with Crippen LogP contribution in [0, 0.1) is 6.92 Å². The van der Waals surface area contributed by atoms with Crippen LogP contribution in [0.3, 0.4) is 0 Å². The number of carbonyl (C=O) groups excluding carboxylic acids is 2. The van der Waals surface area contributed by atoms with Crippen molar-refractivity contribution >= 4 is 34.0 Å². The third kappa shape index (κ3) is 2.00. The number of fused-ring (bicyclic) bond motifs is 1. The van der Waals surface area contributed by atoms with Crippen molar-refractivity contribution in [1.82, 2.24) is 5.32 Å². The van der Waals surface area contributed by atoms with E-state index in [0.717, 1.165) is 17.1 Å². The minimum absolute atomic E-state index is 0.0479. The smallest absolute Gasteiger partial charge is 0.344 e. The number of amides is 2. The van der Waals surface area contributed by atoms with Crippen LogP contribution < -0.4 is 15.8 Å². The lowest BCUT2D eigenvalue weighted by Gasteiger charge is -2.17. The first-order valence-corrected chi connectivity index (χ1v) is 6.71. The largest absolute Gasteiger partial charge is 0.422 e. The molecular weight excluding hydrogens is 284 g/mol. The van der Waals surface area contributed by atoms with Crippen molar-refractivity contribution in [2.45, 2.75) is 6.92 Å². The summed E-state index contributed by atoms with van der Waals surface area (Å²) >= 11 is 0. The molecule has 1 aromatic carbocycles. The minimum atomic E-state index is -0.628. The number of aryl methyl sites for hydroxylation is 1. The molecule has 0 aliphatic carbocycles. The second kappa shape index (κ2) is 4.84. The minimum Gasteiger partial charge on any atom is -0.422 e. The highest BCUT2D eigenvalue weighted by molar-refractivity contribution is 6.34. The highest BCUT2D eigenvalue weighted by Gasteiger charge is 2.28. The Hall–Kier alpha value is -2.89. The fraction of sp³-hybridized carbons (Fsp3) is 0.188. The van der Waals surface area contributed by atoms with Gasteiger partial charge in [0.05, 0.1) is 11.1 Å². The number of carbonyl (C=O) groups is 2. The molecule has 0 fully saturated rings. The number of hydrogen-bond donors (Lipinski definition) is 1. The fourth-order valence-electron chi connectivity index (χ4n) is 2.69. The Bertz CT molecular complexity index is 906. The topological polar surface area (TPSA) is 79.6 Å². The first-order valence-electron chi connectivity index (χ1n) is 6.71. The molecule has 3 rings (SSSR count). The molecule has 2 heterocycles. The molecule has 1 aliphatic rings. The number of benzene rings is 1. The van der Waals surface area contributed by atoms with Gasteiger partial charge in [-0.05, 0) is 24.6 Å². The number of nitrogens with zero attached hydrogens (tertiary/aromatic N) is 1. The van der Waals surface area contributed by atoms with E-state index in [9.17, 15) is 14.4 Å². The van der Waals surface area contributed by atoms with E-state index in [1.165, 1.54) is 0 Å². The summed E-state index contributed by atoms with van der Waals surface area (Å²) in [6.45, 7) is 1.75. The summed E-state index contributed by atoms with van der Waals surface area (Å²) in [4.78, 5) is 37.4. The van der Waals surface area contributed by atoms with E-state index < -0.39 is 17.4 Å². The second-order valence-electron chi connectivity index (χ2n) is 5.31. The van der Waals surface area contributed by atoms with Crippen LogP contribution in [0.2, 0.25) is 0 Å². The van der Waals surface area contributed by atoms with Crippen LogP contribution in [-0.4, -0.2) is 25.9 Å². The Balaban J connectivity index is 2.40. The van der Waals surface area contributed by atoms with Gasteiger partial charge in [-0.3, -0.25) is 14.9 Å². The SMILES string of the molecule is Cc1c(C2=CC(=O)NC2=O)c(=O)oc2cccc(N(C)C)c12. The molecule has 0 atom stereocenters. The van der Waals surface area contributed by atoms with Gasteiger partial charge >= 0.3 is 5.63 Å². The van der Waals surface area contributed by atoms with Gasteiger partial charge < -0.3 is 9.32 Å². The Labute approximate surface area is 126 Å². The van der Waals surface area contributed by atoms with Gasteiger partial charge in [0.15, 0.2) is 0 Å². The molecule has 6 nitrogen and oxygen atoms in total. The Morgan fingerprint density at radius 3 is 2.45 bits per heavy atom. The van der Waals surface area contributed by atoms with Gasteiger partial charge in [-0.2, -0.15) is 0 Å². The summed E-state index contributed by atoms with van der Waals surface area (Å²) in [6.07, 6.45) is 1.13. The maximum absolute atomic E-state index is 12.3. The van der Waals surface area contributed by atoms with Crippen molar-refractivity contribution in [3.63, 3.8) is 0 Å². The molecule has 1 aliphatic heterocycles. The van der Waals surface area contributed by atoms with Gasteiger partial charge in [0.1, 0.15) is 5.58 Å². The summed E-state index contributed by atoms with van der Waals surface area (Å²) < 4.78 is 5.35. The average Bonchev–Trinajstić information content (AvgIpc) is 2.76. The van der Waals surface area contributed by atoms with E-state index in [1.54, 1.807) is 19.1 Å². The fourth-order valence-corrected chi connectivity index (χ4v) is 2.69. The molecule has 1 N–H and O–H groups in total. The quantitative estimate of drug-likeness (QED) is 0.666. The summed E-state index contributed by atoms with van der Waals surface area (Å²) in [7, 11) is 3.76. The van der Waals surface area contributed by atoms with Gasteiger partial charge in [0, 0.05) is 31.2 Å². The summed E-state index contributed by atoms with van der Waals surface area (Å²) in [6, 6.07) is 5.40. The molecule has 1 aromatic heterocycles. The van der Waals surface area contributed by atoms with E-state index in [0.29, 0.717) is 11.1 Å². The van der Waals surface area contributed by atoms with Gasteiger partial charge in [0.25, 0.3) is 11.8 Å². The molecule has 0 bridgehead atoms. The molecular formula is C16H14N2O4. The van der Waals surface area contributed by atoms with E-state index in [4.69, 9.17) is 4.42 Å². The van der Waals surface area contributed by atoms with Crippen LogP contribution >= 0.6 is 0 Å². The van der Waals surface area contributed by atoms with Crippen LogP contribution in [0.1, 0.15) is 11.1 Å². The third-order valence-corrected chi connectivity index (χ3v) is 3.67. The zero-order valence-corrected chi connectivity index (χ0v) is 12.4. The van der Waals surface area contributed by atoms with Crippen molar-refractivity contribution in [1.29, 1.82) is 0 Å². The van der Waals surface area contributed by atoms with Crippen molar-refractivity contribution in [2.24, 2.45) is 0 Å². The number of imide groups is 1. The summed E-state index contributed by atoms with van der Waals surface area (Å²) in [5.41, 5.74) is 1.48. The molecule has 6 heteroatoms. The lowest BCUT2D eigenvalue weighted by atomic mass is 9.98. The van der Waals surface area contributed by atoms with Crippen molar-refractivity contribution in [3.05, 3.63) is 45.8 Å². The normalized spacial score (nSPS) is 14.2. The van der Waals surface area contributed by atoms with E-state index in [1.807, 2.05) is 25.1 Å². The zero-order chi connectivity index (χ0) is 16.0. The molecule has 112 valence electrons. The Morgan fingerprint density at radius 1 is 1.14 bits per heavy atom. The van der Waals surface area contributed by atoms with E-state index in [-0.39, 0.29) is 11.1 Å². The molecule has 22 heavy (non-hydrogen) atoms. The predicted molar refractivity (Wildman–Crippen MR) is 82.7 cm³/mol. The molecule has 0 spiro atoms. The van der Waals surface area contributed by atoms with Crippen molar-refractivity contribution < 1.29 is 14.0 Å². The number of hydrogen-bond acceptors (Lipinski definition) is 5. The van der Waals surface area contributed by atoms with Gasteiger partial charge in [-0.1, -0.05) is 6.07 Å². The monoisotopic (exact) mass is 298 g/mol. The molecule has 0 unspecified atom stereocenters. The van der Waals surface area contributed by atoms with Crippen LogP contribution in [0.25, 0.3) is 16.5 Å². The Kier molecular flexibility index (Phi) is 3.09. The first kappa shape index (κ1) is 14.1. The second-order valence-corrected chi connectivity index (χ2v) is 5.31. The third-order valence-electron chi connectivity index (χ3n) is 3.67. The van der Waals surface area contributed by atoms with Gasteiger partial charge in [0.2, 0.25) is 0 Å². The number of rotatable bonds is 2. The Morgan fingerprint density at radius 2 is 1.86 bits per heavy atom.